The predicted molar refractivity (Wildman–Crippen MR) is 269 cm³/mol. The molecule has 2 aliphatic heterocycles. The van der Waals surface area contributed by atoms with Gasteiger partial charge in [-0.3, -0.25) is 34.8 Å². The van der Waals surface area contributed by atoms with Crippen molar-refractivity contribution in [2.45, 2.75) is 161 Å². The SMILES string of the molecule is Cc1c(C)c(S(=O)(=O)NC(=N)NCCC[C@H](NC(=O)CNC(=O)[C@H](CCCNC(=N)NS(=O)(=O)c2c(C)c(C)c3c(c2C)CC(C)(C)O3)NC(=O)[C@@H](N)C(C)C)C(=O)NCC(=O)O)c(C)c2c1OC(C)(C)C2. The summed E-state index contributed by atoms with van der Waals surface area (Å²) in [5.74, 6) is -4.60. The van der Waals surface area contributed by atoms with E-state index in [0.717, 1.165) is 11.1 Å². The van der Waals surface area contributed by atoms with Crippen LogP contribution in [0.25, 0.3) is 0 Å². The molecule has 2 aliphatic rings. The average molecular weight is 1050 g/mol. The third-order valence-electron chi connectivity index (χ3n) is 12.7. The lowest BCUT2D eigenvalue weighted by molar-refractivity contribution is -0.138. The smallest absolute Gasteiger partial charge is 0.322 e. The minimum atomic E-state index is -4.24. The van der Waals surface area contributed by atoms with Gasteiger partial charge in [0.05, 0.1) is 22.4 Å². The second-order valence-corrected chi connectivity index (χ2v) is 23.2. The van der Waals surface area contributed by atoms with Crippen LogP contribution in [0.3, 0.4) is 0 Å². The zero-order valence-corrected chi connectivity index (χ0v) is 44.8. The van der Waals surface area contributed by atoms with Gasteiger partial charge in [-0.15, -0.1) is 0 Å². The number of nitrogens with one attached hydrogen (secondary N) is 10. The van der Waals surface area contributed by atoms with Crippen molar-refractivity contribution in [3.8, 4) is 11.5 Å². The molecule has 2 aromatic carbocycles. The summed E-state index contributed by atoms with van der Waals surface area (Å²) in [6.07, 6.45) is 1.04. The Morgan fingerprint density at radius 1 is 0.611 bits per heavy atom. The Bertz CT molecular complexity index is 2720. The zero-order chi connectivity index (χ0) is 54.4. The Kier molecular flexibility index (Phi) is 18.7. The number of carbonyl (C=O) groups excluding carboxylic acids is 4. The summed E-state index contributed by atoms with van der Waals surface area (Å²) in [7, 11) is -8.47. The molecule has 13 N–H and O–H groups in total. The Morgan fingerprint density at radius 3 is 1.39 bits per heavy atom. The Labute approximate surface area is 422 Å². The van der Waals surface area contributed by atoms with Crippen LogP contribution in [-0.2, 0) is 56.9 Å². The molecule has 3 atom stereocenters. The molecule has 0 unspecified atom stereocenters. The van der Waals surface area contributed by atoms with Crippen molar-refractivity contribution in [2.75, 3.05) is 26.2 Å². The highest BCUT2D eigenvalue weighted by molar-refractivity contribution is 7.90. The molecule has 0 fully saturated rings. The Morgan fingerprint density at radius 2 is 1.00 bits per heavy atom. The molecule has 0 bridgehead atoms. The first-order chi connectivity index (χ1) is 33.2. The number of carbonyl (C=O) groups is 5. The molecule has 72 heavy (non-hydrogen) atoms. The van der Waals surface area contributed by atoms with E-state index >= 15 is 0 Å². The number of carboxylic acids is 1. The number of fused-ring (bicyclic) bond motifs is 2. The van der Waals surface area contributed by atoms with Gasteiger partial charge in [0.25, 0.3) is 20.0 Å². The lowest BCUT2D eigenvalue weighted by Crippen LogP contribution is -2.55. The number of hydrogen-bond donors (Lipinski definition) is 12. The minimum Gasteiger partial charge on any atom is -0.487 e. The van der Waals surface area contributed by atoms with E-state index in [1.54, 1.807) is 55.4 Å². The van der Waals surface area contributed by atoms with Crippen molar-refractivity contribution in [3.05, 3.63) is 44.5 Å². The number of carboxylic acid groups (broad SMARTS) is 1. The molecule has 0 radical (unpaired) electrons. The molecule has 25 heteroatoms. The first-order valence-electron chi connectivity index (χ1n) is 23.7. The molecule has 2 heterocycles. The largest absolute Gasteiger partial charge is 0.487 e. The fraction of sp³-hybridized carbons (Fsp3) is 0.596. The van der Waals surface area contributed by atoms with Gasteiger partial charge < -0.3 is 52.2 Å². The van der Waals surface area contributed by atoms with E-state index in [9.17, 15) is 40.8 Å². The summed E-state index contributed by atoms with van der Waals surface area (Å²) in [4.78, 5) is 64.1. The fourth-order valence-electron chi connectivity index (χ4n) is 8.71. The fourth-order valence-corrected chi connectivity index (χ4v) is 11.8. The molecule has 0 aromatic heterocycles. The maximum absolute atomic E-state index is 13.6. The van der Waals surface area contributed by atoms with Crippen LogP contribution >= 0.6 is 0 Å². The second-order valence-electron chi connectivity index (χ2n) is 20.0. The molecule has 4 amide bonds. The van der Waals surface area contributed by atoms with Crippen LogP contribution in [0.5, 0.6) is 11.5 Å². The van der Waals surface area contributed by atoms with E-state index in [4.69, 9.17) is 31.1 Å². The van der Waals surface area contributed by atoms with Crippen molar-refractivity contribution in [3.63, 3.8) is 0 Å². The van der Waals surface area contributed by atoms with Gasteiger partial charge in [0, 0.05) is 37.1 Å². The highest BCUT2D eigenvalue weighted by Gasteiger charge is 2.39. The monoisotopic (exact) mass is 1050 g/mol. The van der Waals surface area contributed by atoms with E-state index in [2.05, 4.69) is 41.3 Å². The van der Waals surface area contributed by atoms with Crippen molar-refractivity contribution < 1.29 is 55.4 Å². The maximum Gasteiger partial charge on any atom is 0.322 e. The quantitative estimate of drug-likeness (QED) is 0.0446. The van der Waals surface area contributed by atoms with Crippen LogP contribution in [0, 0.1) is 58.3 Å². The molecule has 0 saturated carbocycles. The number of hydrogen-bond acceptors (Lipinski definition) is 14. The molecule has 2 aromatic rings. The number of sulfonamides is 2. The van der Waals surface area contributed by atoms with Gasteiger partial charge in [-0.2, -0.15) is 0 Å². The van der Waals surface area contributed by atoms with Crippen LogP contribution in [0.4, 0.5) is 0 Å². The van der Waals surface area contributed by atoms with Crippen LogP contribution < -0.4 is 56.6 Å². The van der Waals surface area contributed by atoms with E-state index < -0.39 is 104 Å². The van der Waals surface area contributed by atoms with Crippen LogP contribution in [0.1, 0.15) is 112 Å². The summed E-state index contributed by atoms with van der Waals surface area (Å²) < 4.78 is 71.2. The van der Waals surface area contributed by atoms with Crippen molar-refractivity contribution in [1.82, 2.24) is 41.3 Å². The molecule has 0 aliphatic carbocycles. The summed E-state index contributed by atoms with van der Waals surface area (Å²) >= 11 is 0. The second kappa shape index (κ2) is 23.1. The van der Waals surface area contributed by atoms with Gasteiger partial charge in [0.2, 0.25) is 35.5 Å². The maximum atomic E-state index is 13.6. The molecular weight excluding hydrogens is 975 g/mol. The van der Waals surface area contributed by atoms with Gasteiger partial charge in [0.15, 0.2) is 0 Å². The number of amides is 4. The summed E-state index contributed by atoms with van der Waals surface area (Å²) in [5.41, 5.74) is 9.93. The van der Waals surface area contributed by atoms with Crippen molar-refractivity contribution in [2.24, 2.45) is 11.7 Å². The highest BCUT2D eigenvalue weighted by Crippen LogP contribution is 2.45. The normalized spacial score (nSPS) is 15.6. The topological polar surface area (TPSA) is 362 Å². The van der Waals surface area contributed by atoms with E-state index in [1.807, 2.05) is 27.7 Å². The zero-order valence-electron chi connectivity index (χ0n) is 43.2. The summed E-state index contributed by atoms with van der Waals surface area (Å²) in [5, 5.41) is 40.9. The third kappa shape index (κ3) is 14.5. The minimum absolute atomic E-state index is 0.0175. The number of rotatable bonds is 22. The standard InChI is InChI=1S/C47H73N11O12S2/c1-23(2)36(48)43(64)56-33(16-14-18-52-45(50)58-72(67,68)40-27(6)25(4)38-31(29(40)8)20-47(11,12)70-38)42(63)53-21-34(59)55-32(41(62)54-22-35(60)61)15-13-17-51-44(49)57-71(65,66)39-26(5)24(3)37-30(28(39)7)19-46(9,10)69-37/h23,32-33,36H,13-22,48H2,1-12H3,(H,53,63)(H,54,62)(H,55,59)(H,56,64)(H,60,61)(H3,49,51,57)(H3,50,52,58)/t32-,33-,36-/m0/s1. The van der Waals surface area contributed by atoms with Gasteiger partial charge in [-0.05, 0) is 134 Å². The third-order valence-corrected chi connectivity index (χ3v) is 15.9. The average Bonchev–Trinajstić information content (AvgIpc) is 3.79. The summed E-state index contributed by atoms with van der Waals surface area (Å²) in [6, 6.07) is -3.57. The first-order valence-corrected chi connectivity index (χ1v) is 26.6. The summed E-state index contributed by atoms with van der Waals surface area (Å²) in [6.45, 7) is 19.9. The van der Waals surface area contributed by atoms with Gasteiger partial charge in [-0.25, -0.2) is 26.3 Å². The van der Waals surface area contributed by atoms with E-state index in [0.29, 0.717) is 57.7 Å². The number of aliphatic carboxylic acids is 1. The van der Waals surface area contributed by atoms with Gasteiger partial charge >= 0.3 is 5.97 Å². The number of nitrogens with two attached hydrogens (primary N) is 1. The van der Waals surface area contributed by atoms with Crippen molar-refractivity contribution in [1.29, 1.82) is 10.8 Å². The van der Waals surface area contributed by atoms with E-state index in [1.165, 1.54) is 0 Å². The lowest BCUT2D eigenvalue weighted by Gasteiger charge is -2.23. The number of benzene rings is 2. The molecule has 0 spiro atoms. The van der Waals surface area contributed by atoms with Gasteiger partial charge in [-0.1, -0.05) is 13.8 Å². The van der Waals surface area contributed by atoms with Gasteiger partial charge in [0.1, 0.15) is 41.3 Å². The van der Waals surface area contributed by atoms with Crippen molar-refractivity contribution >= 4 is 61.6 Å². The van der Waals surface area contributed by atoms with E-state index in [-0.39, 0.29) is 54.5 Å². The van der Waals surface area contributed by atoms with Crippen LogP contribution in [0.2, 0.25) is 0 Å². The molecule has 4 rings (SSSR count). The molecule has 400 valence electrons. The molecule has 23 nitrogen and oxygen atoms in total. The number of guanidine groups is 2. The van der Waals surface area contributed by atoms with Crippen LogP contribution in [0.15, 0.2) is 9.79 Å². The molecular formula is C47H73N11O12S2. The predicted octanol–water partition coefficient (Wildman–Crippen LogP) is 1.10. The highest BCUT2D eigenvalue weighted by atomic mass is 32.2. The Hall–Kier alpha value is -6.21. The first kappa shape index (κ1) is 58.4. The molecule has 0 saturated heterocycles. The van der Waals surface area contributed by atoms with Crippen LogP contribution in [-0.4, -0.2) is 119 Å². The Balaban J connectivity index is 1.34. The lowest BCUT2D eigenvalue weighted by atomic mass is 9.94. The number of ether oxygens (including phenoxy) is 2.